The second-order valence-electron chi connectivity index (χ2n) is 8.43. The van der Waals surface area contributed by atoms with Crippen LogP contribution in [0.15, 0.2) is 36.4 Å². The van der Waals surface area contributed by atoms with Crippen LogP contribution < -0.4 is 14.4 Å². The normalized spacial score (nSPS) is 27.1. The summed E-state index contributed by atoms with van der Waals surface area (Å²) in [4.78, 5) is 1.69. The molecule has 1 aliphatic heterocycles. The summed E-state index contributed by atoms with van der Waals surface area (Å²) < 4.78 is 11.2. The maximum absolute atomic E-state index is 6.40. The Kier molecular flexibility index (Phi) is 5.84. The first kappa shape index (κ1) is 19.6. The van der Waals surface area contributed by atoms with E-state index in [9.17, 15) is 0 Å². The molecular weight excluding hydrogens is 370 g/mol. The van der Waals surface area contributed by atoms with Crippen LogP contribution in [0.4, 0.5) is 0 Å². The lowest BCUT2D eigenvalue weighted by molar-refractivity contribution is -0.953. The van der Waals surface area contributed by atoms with Gasteiger partial charge in [0.05, 0.1) is 26.8 Å². The lowest BCUT2D eigenvalue weighted by Gasteiger charge is -2.42. The lowest BCUT2D eigenvalue weighted by atomic mass is 9.81. The Hall–Kier alpha value is -1.71. The number of ether oxygens (including phenoxy) is 2. The lowest BCUT2D eigenvalue weighted by Crippen LogP contribution is -3.17. The maximum atomic E-state index is 6.40. The average molecular weight is 401 g/mol. The average Bonchev–Trinajstić information content (AvgIpc) is 2.72. The number of nitrogens with one attached hydrogen (secondary N) is 1. The van der Waals surface area contributed by atoms with Gasteiger partial charge in [0.2, 0.25) is 0 Å². The van der Waals surface area contributed by atoms with Crippen molar-refractivity contribution in [3.8, 4) is 11.5 Å². The molecule has 0 radical (unpaired) electrons. The van der Waals surface area contributed by atoms with Gasteiger partial charge in [-0.2, -0.15) is 0 Å². The number of rotatable bonds is 4. The number of methoxy groups -OCH3 is 2. The third-order valence-corrected chi connectivity index (χ3v) is 6.97. The standard InChI is InChI=1S/C24H30ClNO2/c1-16-7-9-20(10-8-16)26-12-11-17-14-22(27-2)23(28-3)15-21(17)24(26)18-5-4-6-19(25)13-18/h4-6,13-16,20,24H,7-12H2,1-3H3/p+1/t16?,20?,24-/m0/s1. The minimum atomic E-state index is 0.292. The predicted octanol–water partition coefficient (Wildman–Crippen LogP) is 4.47. The molecule has 4 rings (SSSR count). The fourth-order valence-electron chi connectivity index (χ4n) is 5.20. The predicted molar refractivity (Wildman–Crippen MR) is 114 cm³/mol. The molecule has 1 unspecified atom stereocenters. The molecular formula is C24H31ClNO2+. The second kappa shape index (κ2) is 8.34. The topological polar surface area (TPSA) is 22.9 Å². The maximum Gasteiger partial charge on any atom is 0.161 e. The van der Waals surface area contributed by atoms with E-state index in [4.69, 9.17) is 21.1 Å². The molecule has 4 heteroatoms. The number of fused-ring (bicyclic) bond motifs is 1. The van der Waals surface area contributed by atoms with Crippen LogP contribution in [0.3, 0.4) is 0 Å². The zero-order valence-electron chi connectivity index (χ0n) is 17.1. The highest BCUT2D eigenvalue weighted by atomic mass is 35.5. The molecule has 3 nitrogen and oxygen atoms in total. The van der Waals surface area contributed by atoms with E-state index in [2.05, 4.69) is 37.3 Å². The van der Waals surface area contributed by atoms with E-state index < -0.39 is 0 Å². The molecule has 28 heavy (non-hydrogen) atoms. The monoisotopic (exact) mass is 400 g/mol. The Labute approximate surface area is 173 Å². The molecule has 1 fully saturated rings. The van der Waals surface area contributed by atoms with E-state index in [1.165, 1.54) is 42.4 Å². The van der Waals surface area contributed by atoms with Crippen LogP contribution >= 0.6 is 11.6 Å². The van der Waals surface area contributed by atoms with Crippen LogP contribution in [0.5, 0.6) is 11.5 Å². The molecule has 1 saturated carbocycles. The van der Waals surface area contributed by atoms with Gasteiger partial charge in [0.15, 0.2) is 11.5 Å². The Morgan fingerprint density at radius 3 is 2.36 bits per heavy atom. The van der Waals surface area contributed by atoms with E-state index in [-0.39, 0.29) is 0 Å². The summed E-state index contributed by atoms with van der Waals surface area (Å²) in [6, 6.07) is 13.8. The molecule has 1 aliphatic carbocycles. The summed E-state index contributed by atoms with van der Waals surface area (Å²) in [5.74, 6) is 2.49. The molecule has 1 N–H and O–H groups in total. The van der Waals surface area contributed by atoms with E-state index in [1.54, 1.807) is 19.1 Å². The first-order valence-corrected chi connectivity index (χ1v) is 10.8. The summed E-state index contributed by atoms with van der Waals surface area (Å²) in [6.45, 7) is 3.54. The fraction of sp³-hybridized carbons (Fsp3) is 0.500. The third-order valence-electron chi connectivity index (χ3n) is 6.73. The van der Waals surface area contributed by atoms with Crippen LogP contribution in [0.1, 0.15) is 55.3 Å². The van der Waals surface area contributed by atoms with Crippen LogP contribution in [-0.2, 0) is 6.42 Å². The third kappa shape index (κ3) is 3.75. The Balaban J connectivity index is 1.79. The van der Waals surface area contributed by atoms with Crippen molar-refractivity contribution in [3.63, 3.8) is 0 Å². The van der Waals surface area contributed by atoms with E-state index in [0.29, 0.717) is 12.1 Å². The largest absolute Gasteiger partial charge is 0.493 e. The molecule has 0 bridgehead atoms. The van der Waals surface area contributed by atoms with Crippen molar-refractivity contribution in [3.05, 3.63) is 58.1 Å². The summed E-state index contributed by atoms with van der Waals surface area (Å²) in [5, 5.41) is 0.807. The van der Waals surface area contributed by atoms with Crippen molar-refractivity contribution in [2.24, 2.45) is 5.92 Å². The number of hydrogen-bond donors (Lipinski definition) is 1. The van der Waals surface area contributed by atoms with Crippen molar-refractivity contribution in [2.45, 2.75) is 51.1 Å². The van der Waals surface area contributed by atoms with Crippen molar-refractivity contribution in [1.82, 2.24) is 0 Å². The summed E-state index contributed by atoms with van der Waals surface area (Å²) in [6.07, 6.45) is 6.39. The van der Waals surface area contributed by atoms with Gasteiger partial charge in [-0.05, 0) is 61.4 Å². The molecule has 0 amide bonds. The van der Waals surface area contributed by atoms with Gasteiger partial charge in [-0.3, -0.25) is 0 Å². The zero-order chi connectivity index (χ0) is 19.7. The summed E-state index contributed by atoms with van der Waals surface area (Å²) >= 11 is 6.40. The highest BCUT2D eigenvalue weighted by Crippen LogP contribution is 2.37. The van der Waals surface area contributed by atoms with E-state index in [0.717, 1.165) is 35.4 Å². The zero-order valence-corrected chi connectivity index (χ0v) is 17.9. The molecule has 2 aromatic carbocycles. The Bertz CT molecular complexity index is 829. The van der Waals surface area contributed by atoms with Gasteiger partial charge in [-0.25, -0.2) is 0 Å². The molecule has 2 atom stereocenters. The van der Waals surface area contributed by atoms with Gasteiger partial charge in [0.25, 0.3) is 0 Å². The van der Waals surface area contributed by atoms with Crippen molar-refractivity contribution in [2.75, 3.05) is 20.8 Å². The smallest absolute Gasteiger partial charge is 0.161 e. The number of hydrogen-bond acceptors (Lipinski definition) is 2. The molecule has 1 heterocycles. The Morgan fingerprint density at radius 2 is 1.68 bits per heavy atom. The minimum absolute atomic E-state index is 0.292. The van der Waals surface area contributed by atoms with Gasteiger partial charge in [-0.1, -0.05) is 30.7 Å². The van der Waals surface area contributed by atoms with E-state index in [1.807, 2.05) is 6.07 Å². The molecule has 2 aliphatic rings. The van der Waals surface area contributed by atoms with Crippen molar-refractivity contribution in [1.29, 1.82) is 0 Å². The first-order valence-electron chi connectivity index (χ1n) is 10.5. The number of quaternary nitrogens is 1. The van der Waals surface area contributed by atoms with Crippen LogP contribution in [0.25, 0.3) is 0 Å². The van der Waals surface area contributed by atoms with Crippen LogP contribution in [0.2, 0.25) is 5.02 Å². The second-order valence-corrected chi connectivity index (χ2v) is 8.86. The van der Waals surface area contributed by atoms with Crippen molar-refractivity contribution >= 4 is 11.6 Å². The number of benzene rings is 2. The molecule has 0 aromatic heterocycles. The molecule has 2 aromatic rings. The van der Waals surface area contributed by atoms with Gasteiger partial charge in [0.1, 0.15) is 6.04 Å². The first-order chi connectivity index (χ1) is 13.6. The summed E-state index contributed by atoms with van der Waals surface area (Å²) in [5.41, 5.74) is 4.03. The SMILES string of the molecule is COc1cc2c(cc1OC)[C@H](c1cccc(Cl)c1)[NH+](C1CCC(C)CC1)CC2. The summed E-state index contributed by atoms with van der Waals surface area (Å²) in [7, 11) is 3.43. The van der Waals surface area contributed by atoms with Crippen LogP contribution in [-0.4, -0.2) is 26.8 Å². The highest BCUT2D eigenvalue weighted by Gasteiger charge is 2.39. The van der Waals surface area contributed by atoms with Gasteiger partial charge in [-0.15, -0.1) is 0 Å². The van der Waals surface area contributed by atoms with Crippen LogP contribution in [0, 0.1) is 5.92 Å². The van der Waals surface area contributed by atoms with Gasteiger partial charge < -0.3 is 14.4 Å². The van der Waals surface area contributed by atoms with Crippen molar-refractivity contribution < 1.29 is 14.4 Å². The van der Waals surface area contributed by atoms with Gasteiger partial charge >= 0.3 is 0 Å². The van der Waals surface area contributed by atoms with E-state index >= 15 is 0 Å². The minimum Gasteiger partial charge on any atom is -0.493 e. The Morgan fingerprint density at radius 1 is 0.964 bits per heavy atom. The molecule has 0 spiro atoms. The molecule has 0 saturated heterocycles. The number of halogens is 1. The highest BCUT2D eigenvalue weighted by molar-refractivity contribution is 6.30. The van der Waals surface area contributed by atoms with Gasteiger partial charge in [0, 0.05) is 22.6 Å². The fourth-order valence-corrected chi connectivity index (χ4v) is 5.39. The molecule has 150 valence electrons. The quantitative estimate of drug-likeness (QED) is 0.818.